The number of halogens is 1. The zero-order chi connectivity index (χ0) is 12.8. The lowest BCUT2D eigenvalue weighted by molar-refractivity contribution is -0.120. The van der Waals surface area contributed by atoms with Gasteiger partial charge in [0.05, 0.1) is 16.0 Å². The molecule has 5 heteroatoms. The van der Waals surface area contributed by atoms with Crippen molar-refractivity contribution >= 4 is 35.0 Å². The quantitative estimate of drug-likeness (QED) is 0.640. The van der Waals surface area contributed by atoms with Crippen LogP contribution in [0, 0.1) is 0 Å². The standard InChI is InChI=1S/C12H17ClN2OS/c1-3-6-15-12(16)8(2)17-9-4-5-11(14)10(13)7-9/h4-5,7-8H,3,6,14H2,1-2H3,(H,15,16). The second-order valence-corrected chi connectivity index (χ2v) is 5.56. The number of carbonyl (C=O) groups excluding carboxylic acids is 1. The molecule has 94 valence electrons. The molecule has 0 spiro atoms. The Morgan fingerprint density at radius 2 is 2.29 bits per heavy atom. The van der Waals surface area contributed by atoms with Crippen LogP contribution in [0.15, 0.2) is 23.1 Å². The van der Waals surface area contributed by atoms with Crippen molar-refractivity contribution in [2.24, 2.45) is 0 Å². The van der Waals surface area contributed by atoms with Crippen LogP contribution >= 0.6 is 23.4 Å². The molecule has 3 nitrogen and oxygen atoms in total. The highest BCUT2D eigenvalue weighted by Crippen LogP contribution is 2.28. The van der Waals surface area contributed by atoms with Crippen LogP contribution in [0.3, 0.4) is 0 Å². The highest BCUT2D eigenvalue weighted by atomic mass is 35.5. The van der Waals surface area contributed by atoms with Crippen molar-refractivity contribution in [3.63, 3.8) is 0 Å². The third kappa shape index (κ3) is 4.48. The second-order valence-electron chi connectivity index (χ2n) is 3.73. The van der Waals surface area contributed by atoms with Crippen molar-refractivity contribution in [2.45, 2.75) is 30.4 Å². The Balaban J connectivity index is 2.58. The van der Waals surface area contributed by atoms with Crippen LogP contribution in [0.2, 0.25) is 5.02 Å². The van der Waals surface area contributed by atoms with E-state index in [0.29, 0.717) is 17.3 Å². The summed E-state index contributed by atoms with van der Waals surface area (Å²) in [7, 11) is 0. The van der Waals surface area contributed by atoms with Crippen molar-refractivity contribution in [2.75, 3.05) is 12.3 Å². The molecule has 0 aliphatic carbocycles. The molecule has 0 fully saturated rings. The Labute approximate surface area is 111 Å². The maximum absolute atomic E-state index is 11.7. The van der Waals surface area contributed by atoms with Crippen LogP contribution < -0.4 is 11.1 Å². The van der Waals surface area contributed by atoms with Crippen LogP contribution in [-0.4, -0.2) is 17.7 Å². The van der Waals surface area contributed by atoms with Gasteiger partial charge in [-0.05, 0) is 31.5 Å². The number of thioether (sulfide) groups is 1. The second kappa shape index (κ2) is 6.77. The minimum absolute atomic E-state index is 0.0461. The number of hydrogen-bond donors (Lipinski definition) is 2. The zero-order valence-corrected chi connectivity index (χ0v) is 11.6. The Bertz CT molecular complexity index is 398. The molecular weight excluding hydrogens is 256 g/mol. The van der Waals surface area contributed by atoms with Crippen molar-refractivity contribution in [3.05, 3.63) is 23.2 Å². The van der Waals surface area contributed by atoms with Gasteiger partial charge in [-0.15, -0.1) is 11.8 Å². The van der Waals surface area contributed by atoms with E-state index in [9.17, 15) is 4.79 Å². The summed E-state index contributed by atoms with van der Waals surface area (Å²) in [6.45, 7) is 4.62. The van der Waals surface area contributed by atoms with Gasteiger partial charge < -0.3 is 11.1 Å². The van der Waals surface area contributed by atoms with E-state index in [4.69, 9.17) is 17.3 Å². The van der Waals surface area contributed by atoms with E-state index in [1.54, 1.807) is 12.1 Å². The lowest BCUT2D eigenvalue weighted by Crippen LogP contribution is -2.31. The van der Waals surface area contributed by atoms with Gasteiger partial charge >= 0.3 is 0 Å². The number of nitrogens with one attached hydrogen (secondary N) is 1. The van der Waals surface area contributed by atoms with Crippen LogP contribution in [0.1, 0.15) is 20.3 Å². The zero-order valence-electron chi connectivity index (χ0n) is 10.00. The predicted molar refractivity (Wildman–Crippen MR) is 74.5 cm³/mol. The van der Waals surface area contributed by atoms with Crippen LogP contribution in [-0.2, 0) is 4.79 Å². The van der Waals surface area contributed by atoms with E-state index in [0.717, 1.165) is 11.3 Å². The molecule has 1 atom stereocenters. The van der Waals surface area contributed by atoms with Gasteiger partial charge in [0.15, 0.2) is 0 Å². The number of benzene rings is 1. The van der Waals surface area contributed by atoms with Gasteiger partial charge in [-0.25, -0.2) is 0 Å². The lowest BCUT2D eigenvalue weighted by atomic mass is 10.3. The third-order valence-corrected chi connectivity index (χ3v) is 3.62. The van der Waals surface area contributed by atoms with Gasteiger partial charge in [-0.1, -0.05) is 18.5 Å². The van der Waals surface area contributed by atoms with Crippen molar-refractivity contribution < 1.29 is 4.79 Å². The van der Waals surface area contributed by atoms with E-state index in [1.807, 2.05) is 19.9 Å². The summed E-state index contributed by atoms with van der Waals surface area (Å²) >= 11 is 7.39. The number of rotatable bonds is 5. The summed E-state index contributed by atoms with van der Waals surface area (Å²) < 4.78 is 0. The summed E-state index contributed by atoms with van der Waals surface area (Å²) in [5, 5.41) is 3.25. The SMILES string of the molecule is CCCNC(=O)C(C)Sc1ccc(N)c(Cl)c1. The third-order valence-electron chi connectivity index (χ3n) is 2.20. The molecule has 0 bridgehead atoms. The molecule has 1 aromatic rings. The molecule has 3 N–H and O–H groups in total. The fourth-order valence-electron chi connectivity index (χ4n) is 1.23. The fourth-order valence-corrected chi connectivity index (χ4v) is 2.41. The molecule has 1 aromatic carbocycles. The number of hydrogen-bond acceptors (Lipinski definition) is 3. The maximum atomic E-state index is 11.7. The highest BCUT2D eigenvalue weighted by Gasteiger charge is 2.13. The average Bonchev–Trinajstić information content (AvgIpc) is 2.30. The Kier molecular flexibility index (Phi) is 5.65. The van der Waals surface area contributed by atoms with Crippen molar-refractivity contribution in [1.29, 1.82) is 0 Å². The first-order valence-corrected chi connectivity index (χ1v) is 6.79. The Morgan fingerprint density at radius 1 is 1.59 bits per heavy atom. The van der Waals surface area contributed by atoms with E-state index in [-0.39, 0.29) is 11.2 Å². The van der Waals surface area contributed by atoms with Gasteiger partial charge in [0.1, 0.15) is 0 Å². The summed E-state index contributed by atoms with van der Waals surface area (Å²) in [6.07, 6.45) is 0.941. The van der Waals surface area contributed by atoms with Gasteiger partial charge in [0, 0.05) is 11.4 Å². The molecular formula is C12H17ClN2OS. The molecule has 0 aliphatic heterocycles. The molecule has 1 amide bonds. The number of nitrogen functional groups attached to an aromatic ring is 1. The first kappa shape index (κ1) is 14.2. The van der Waals surface area contributed by atoms with Crippen LogP contribution in [0.5, 0.6) is 0 Å². The monoisotopic (exact) mass is 272 g/mol. The smallest absolute Gasteiger partial charge is 0.233 e. The van der Waals surface area contributed by atoms with Crippen LogP contribution in [0.25, 0.3) is 0 Å². The Morgan fingerprint density at radius 3 is 2.88 bits per heavy atom. The maximum Gasteiger partial charge on any atom is 0.233 e. The van der Waals surface area contributed by atoms with Gasteiger partial charge in [0.25, 0.3) is 0 Å². The Hall–Kier alpha value is -0.870. The molecule has 0 radical (unpaired) electrons. The summed E-state index contributed by atoms with van der Waals surface area (Å²) in [6, 6.07) is 5.40. The fraction of sp³-hybridized carbons (Fsp3) is 0.417. The molecule has 0 aromatic heterocycles. The van der Waals surface area contributed by atoms with E-state index in [2.05, 4.69) is 5.32 Å². The highest BCUT2D eigenvalue weighted by molar-refractivity contribution is 8.00. The number of carbonyl (C=O) groups is 1. The minimum atomic E-state index is -0.138. The molecule has 1 unspecified atom stereocenters. The van der Waals surface area contributed by atoms with Gasteiger partial charge in [0.2, 0.25) is 5.91 Å². The van der Waals surface area contributed by atoms with Crippen molar-refractivity contribution in [3.8, 4) is 0 Å². The van der Waals surface area contributed by atoms with Gasteiger partial charge in [-0.3, -0.25) is 4.79 Å². The summed E-state index contributed by atoms with van der Waals surface area (Å²) in [4.78, 5) is 12.6. The van der Waals surface area contributed by atoms with E-state index in [1.165, 1.54) is 11.8 Å². The topological polar surface area (TPSA) is 55.1 Å². The summed E-state index contributed by atoms with van der Waals surface area (Å²) in [5.41, 5.74) is 6.18. The normalized spacial score (nSPS) is 12.2. The molecule has 0 aliphatic rings. The molecule has 0 heterocycles. The molecule has 0 saturated carbocycles. The lowest BCUT2D eigenvalue weighted by Gasteiger charge is -2.11. The van der Waals surface area contributed by atoms with Crippen molar-refractivity contribution in [1.82, 2.24) is 5.32 Å². The first-order valence-electron chi connectivity index (χ1n) is 5.54. The van der Waals surface area contributed by atoms with E-state index >= 15 is 0 Å². The summed E-state index contributed by atoms with van der Waals surface area (Å²) in [5.74, 6) is 0.0461. The number of nitrogens with two attached hydrogens (primary N) is 1. The minimum Gasteiger partial charge on any atom is -0.398 e. The first-order chi connectivity index (χ1) is 8.04. The van der Waals surface area contributed by atoms with Crippen LogP contribution in [0.4, 0.5) is 5.69 Å². The average molecular weight is 273 g/mol. The number of amides is 1. The molecule has 1 rings (SSSR count). The predicted octanol–water partition coefficient (Wildman–Crippen LogP) is 2.93. The number of anilines is 1. The van der Waals surface area contributed by atoms with E-state index < -0.39 is 0 Å². The largest absolute Gasteiger partial charge is 0.398 e. The molecule has 0 saturated heterocycles. The van der Waals surface area contributed by atoms with Gasteiger partial charge in [-0.2, -0.15) is 0 Å². The molecule has 17 heavy (non-hydrogen) atoms.